The second-order valence-corrected chi connectivity index (χ2v) is 2.45. The number of pyridine rings is 1. The first-order chi connectivity index (χ1) is 5.18. The van der Waals surface area contributed by atoms with Crippen LogP contribution in [-0.2, 0) is 11.2 Å². The molecular weight excluding hydrogens is 201 g/mol. The molecule has 66 valence electrons. The Morgan fingerprint density at radius 3 is 2.67 bits per heavy atom. The van der Waals surface area contributed by atoms with Gasteiger partial charge in [0, 0.05) is 6.20 Å². The summed E-state index contributed by atoms with van der Waals surface area (Å²) in [5.74, 6) is -0.867. The zero-order valence-electron chi connectivity index (χ0n) is 6.03. The van der Waals surface area contributed by atoms with Gasteiger partial charge in [0.05, 0.1) is 6.42 Å². The van der Waals surface area contributed by atoms with Crippen molar-refractivity contribution in [2.75, 3.05) is 0 Å². The van der Waals surface area contributed by atoms with Crippen molar-refractivity contribution in [3.05, 3.63) is 29.0 Å². The molecule has 1 rings (SSSR count). The minimum absolute atomic E-state index is 0. The fourth-order valence-corrected chi connectivity index (χ4v) is 0.797. The van der Waals surface area contributed by atoms with Gasteiger partial charge in [-0.2, -0.15) is 0 Å². The number of carboxylic acids is 1. The number of aliphatic carboxylic acids is 1. The van der Waals surface area contributed by atoms with Crippen molar-refractivity contribution in [1.82, 2.24) is 4.98 Å². The number of carbonyl (C=O) groups is 1. The van der Waals surface area contributed by atoms with Crippen LogP contribution in [0.4, 0.5) is 0 Å². The molecule has 0 aliphatic rings. The smallest absolute Gasteiger partial charge is 0.307 e. The van der Waals surface area contributed by atoms with Crippen molar-refractivity contribution in [3.8, 4) is 0 Å². The summed E-state index contributed by atoms with van der Waals surface area (Å²) in [6, 6.07) is 3.21. The molecule has 0 amide bonds. The molecule has 0 radical (unpaired) electrons. The van der Waals surface area contributed by atoms with Crippen LogP contribution in [0.25, 0.3) is 0 Å². The van der Waals surface area contributed by atoms with Gasteiger partial charge in [0.1, 0.15) is 5.15 Å². The summed E-state index contributed by atoms with van der Waals surface area (Å²) in [6.45, 7) is 0. The number of halogens is 2. The predicted molar refractivity (Wildman–Crippen MR) is 47.8 cm³/mol. The quantitative estimate of drug-likeness (QED) is 0.753. The first-order valence-corrected chi connectivity index (χ1v) is 3.38. The normalized spacial score (nSPS) is 8.75. The van der Waals surface area contributed by atoms with Crippen molar-refractivity contribution in [3.63, 3.8) is 0 Å². The molecule has 0 spiro atoms. The average Bonchev–Trinajstić information content (AvgIpc) is 1.93. The van der Waals surface area contributed by atoms with Crippen LogP contribution in [-0.4, -0.2) is 16.1 Å². The topological polar surface area (TPSA) is 50.2 Å². The second-order valence-electron chi connectivity index (χ2n) is 2.06. The molecule has 0 fully saturated rings. The predicted octanol–water partition coefficient (Wildman–Crippen LogP) is 1.78. The van der Waals surface area contributed by atoms with E-state index in [9.17, 15) is 4.79 Å². The van der Waals surface area contributed by atoms with Crippen LogP contribution in [0.5, 0.6) is 0 Å². The number of nitrogens with zero attached hydrogens (tertiary/aromatic N) is 1. The highest BCUT2D eigenvalue weighted by atomic mass is 35.5. The van der Waals surface area contributed by atoms with E-state index in [1.165, 1.54) is 6.20 Å². The molecule has 1 aromatic rings. The van der Waals surface area contributed by atoms with Gasteiger partial charge in [0.15, 0.2) is 0 Å². The van der Waals surface area contributed by atoms with Crippen LogP contribution < -0.4 is 0 Å². The standard InChI is InChI=1S/C7H6ClNO2.ClH/c8-6-2-1-5(4-9-6)3-7(10)11;/h1-2,4H,3H2,(H,10,11);1H. The molecular formula is C7H7Cl2NO2. The summed E-state index contributed by atoms with van der Waals surface area (Å²) in [4.78, 5) is 13.9. The van der Waals surface area contributed by atoms with Crippen LogP contribution >= 0.6 is 24.0 Å². The van der Waals surface area contributed by atoms with E-state index in [2.05, 4.69) is 4.98 Å². The lowest BCUT2D eigenvalue weighted by Gasteiger charge is -1.94. The van der Waals surface area contributed by atoms with E-state index < -0.39 is 5.97 Å². The van der Waals surface area contributed by atoms with Crippen molar-refractivity contribution >= 4 is 30.0 Å². The first-order valence-electron chi connectivity index (χ1n) is 3.00. The van der Waals surface area contributed by atoms with E-state index in [4.69, 9.17) is 16.7 Å². The van der Waals surface area contributed by atoms with Crippen LogP contribution in [0, 0.1) is 0 Å². The molecule has 0 atom stereocenters. The molecule has 0 saturated carbocycles. The maximum atomic E-state index is 10.2. The van der Waals surface area contributed by atoms with Crippen LogP contribution in [0.1, 0.15) is 5.56 Å². The average molecular weight is 208 g/mol. The number of carboxylic acid groups (broad SMARTS) is 1. The molecule has 0 aromatic carbocycles. The fraction of sp³-hybridized carbons (Fsp3) is 0.143. The Kier molecular flexibility index (Phi) is 4.62. The summed E-state index contributed by atoms with van der Waals surface area (Å²) >= 11 is 5.49. The second kappa shape index (κ2) is 4.95. The zero-order chi connectivity index (χ0) is 8.27. The van der Waals surface area contributed by atoms with Crippen molar-refractivity contribution in [2.45, 2.75) is 6.42 Å². The lowest BCUT2D eigenvalue weighted by Crippen LogP contribution is -1.99. The molecule has 1 aromatic heterocycles. The summed E-state index contributed by atoms with van der Waals surface area (Å²) in [5.41, 5.74) is 0.655. The van der Waals surface area contributed by atoms with E-state index in [0.717, 1.165) is 0 Å². The Hall–Kier alpha value is -0.800. The van der Waals surface area contributed by atoms with Gasteiger partial charge in [-0.25, -0.2) is 4.98 Å². The van der Waals surface area contributed by atoms with Crippen molar-refractivity contribution in [1.29, 1.82) is 0 Å². The highest BCUT2D eigenvalue weighted by molar-refractivity contribution is 6.29. The Morgan fingerprint density at radius 2 is 2.25 bits per heavy atom. The molecule has 0 aliphatic carbocycles. The van der Waals surface area contributed by atoms with Gasteiger partial charge in [0.2, 0.25) is 0 Å². The lowest BCUT2D eigenvalue weighted by molar-refractivity contribution is -0.136. The number of rotatable bonds is 2. The SMILES string of the molecule is Cl.O=C(O)Cc1ccc(Cl)nc1. The maximum absolute atomic E-state index is 10.2. The van der Waals surface area contributed by atoms with Gasteiger partial charge in [0.25, 0.3) is 0 Å². The molecule has 3 nitrogen and oxygen atoms in total. The Balaban J connectivity index is 0.00000121. The Bertz CT molecular complexity index is 261. The largest absolute Gasteiger partial charge is 0.481 e. The number of aromatic nitrogens is 1. The Morgan fingerprint density at radius 1 is 1.58 bits per heavy atom. The van der Waals surface area contributed by atoms with Crippen molar-refractivity contribution in [2.24, 2.45) is 0 Å². The van der Waals surface area contributed by atoms with Crippen molar-refractivity contribution < 1.29 is 9.90 Å². The van der Waals surface area contributed by atoms with Gasteiger partial charge < -0.3 is 5.11 Å². The molecule has 5 heteroatoms. The third kappa shape index (κ3) is 3.55. The highest BCUT2D eigenvalue weighted by Crippen LogP contribution is 2.05. The van der Waals surface area contributed by atoms with Gasteiger partial charge in [-0.05, 0) is 11.6 Å². The van der Waals surface area contributed by atoms with Crippen LogP contribution in [0.15, 0.2) is 18.3 Å². The third-order valence-corrected chi connectivity index (χ3v) is 1.37. The minimum atomic E-state index is -0.867. The maximum Gasteiger partial charge on any atom is 0.307 e. The molecule has 1 heterocycles. The number of hydrogen-bond donors (Lipinski definition) is 1. The third-order valence-electron chi connectivity index (χ3n) is 1.14. The molecule has 0 aliphatic heterocycles. The van der Waals surface area contributed by atoms with E-state index in [-0.39, 0.29) is 18.8 Å². The van der Waals surface area contributed by atoms with Gasteiger partial charge in [-0.3, -0.25) is 4.79 Å². The molecule has 12 heavy (non-hydrogen) atoms. The zero-order valence-corrected chi connectivity index (χ0v) is 7.60. The van der Waals surface area contributed by atoms with E-state index in [0.29, 0.717) is 10.7 Å². The molecule has 0 bridgehead atoms. The van der Waals surface area contributed by atoms with Crippen LogP contribution in [0.3, 0.4) is 0 Å². The highest BCUT2D eigenvalue weighted by Gasteiger charge is 1.99. The van der Waals surface area contributed by atoms with Gasteiger partial charge in [-0.15, -0.1) is 12.4 Å². The molecule has 0 unspecified atom stereocenters. The fourth-order valence-electron chi connectivity index (χ4n) is 0.686. The first kappa shape index (κ1) is 11.2. The monoisotopic (exact) mass is 207 g/mol. The number of hydrogen-bond acceptors (Lipinski definition) is 2. The lowest BCUT2D eigenvalue weighted by atomic mass is 10.2. The summed E-state index contributed by atoms with van der Waals surface area (Å²) < 4.78 is 0. The van der Waals surface area contributed by atoms with E-state index in [1.54, 1.807) is 12.1 Å². The van der Waals surface area contributed by atoms with Gasteiger partial charge >= 0.3 is 5.97 Å². The van der Waals surface area contributed by atoms with E-state index in [1.807, 2.05) is 0 Å². The Labute approximate surface area is 80.8 Å². The summed E-state index contributed by atoms with van der Waals surface area (Å²) in [5, 5.41) is 8.75. The van der Waals surface area contributed by atoms with Gasteiger partial charge in [-0.1, -0.05) is 17.7 Å². The molecule has 1 N–H and O–H groups in total. The van der Waals surface area contributed by atoms with E-state index >= 15 is 0 Å². The minimum Gasteiger partial charge on any atom is -0.481 e. The molecule has 0 saturated heterocycles. The van der Waals surface area contributed by atoms with Crippen LogP contribution in [0.2, 0.25) is 5.15 Å². The summed E-state index contributed by atoms with van der Waals surface area (Å²) in [6.07, 6.45) is 1.45. The summed E-state index contributed by atoms with van der Waals surface area (Å²) in [7, 11) is 0.